The molecule has 3 nitrogen and oxygen atoms in total. The van der Waals surface area contributed by atoms with Crippen molar-refractivity contribution < 1.29 is 4.79 Å². The van der Waals surface area contributed by atoms with Crippen LogP contribution in [0.3, 0.4) is 0 Å². The molecule has 10 heavy (non-hydrogen) atoms. The highest BCUT2D eigenvalue weighted by molar-refractivity contribution is 8.81. The maximum atomic E-state index is 11.0. The highest BCUT2D eigenvalue weighted by Crippen LogP contribution is 2.19. The van der Waals surface area contributed by atoms with E-state index >= 15 is 0 Å². The Morgan fingerprint density at radius 1 is 1.70 bits per heavy atom. The van der Waals surface area contributed by atoms with Crippen molar-refractivity contribution in [3.05, 3.63) is 18.7 Å². The largest absolute Gasteiger partial charge is 0.301 e. The molecular weight excluding hydrogens is 168 g/mol. The second-order valence-electron chi connectivity index (χ2n) is 1.49. The van der Waals surface area contributed by atoms with E-state index in [-0.39, 0.29) is 5.24 Å². The number of carbonyl (C=O) groups is 1. The summed E-state index contributed by atoms with van der Waals surface area (Å²) in [5, 5.41) is -0.00926. The van der Waals surface area contributed by atoms with Crippen LogP contribution >= 0.6 is 21.6 Å². The number of imidazole rings is 1. The summed E-state index contributed by atoms with van der Waals surface area (Å²) >= 11 is 0. The van der Waals surface area contributed by atoms with Gasteiger partial charge in [0, 0.05) is 23.2 Å². The van der Waals surface area contributed by atoms with E-state index < -0.39 is 0 Å². The van der Waals surface area contributed by atoms with E-state index in [0.717, 1.165) is 0 Å². The smallest absolute Gasteiger partial charge is 0.266 e. The van der Waals surface area contributed by atoms with Gasteiger partial charge in [-0.2, -0.15) is 0 Å². The van der Waals surface area contributed by atoms with Crippen LogP contribution in [-0.4, -0.2) is 21.0 Å². The lowest BCUT2D eigenvalue weighted by molar-refractivity contribution is 0.262. The lowest BCUT2D eigenvalue weighted by Crippen LogP contribution is -1.99. The van der Waals surface area contributed by atoms with Gasteiger partial charge in [-0.15, -0.1) is 0 Å². The van der Waals surface area contributed by atoms with Crippen LogP contribution in [0.2, 0.25) is 0 Å². The zero-order valence-electron chi connectivity index (χ0n) is 5.35. The predicted molar refractivity (Wildman–Crippen MR) is 44.1 cm³/mol. The predicted octanol–water partition coefficient (Wildman–Crippen LogP) is 1.86. The Morgan fingerprint density at radius 3 is 3.00 bits per heavy atom. The zero-order valence-corrected chi connectivity index (χ0v) is 6.98. The van der Waals surface area contributed by atoms with Crippen molar-refractivity contribution in [1.29, 1.82) is 0 Å². The molecule has 0 saturated heterocycles. The lowest BCUT2D eigenvalue weighted by Gasteiger charge is -1.94. The highest BCUT2D eigenvalue weighted by Gasteiger charge is 2.01. The highest BCUT2D eigenvalue weighted by atomic mass is 33.1. The number of nitrogens with zero attached hydrogens (tertiary/aromatic N) is 2. The van der Waals surface area contributed by atoms with Gasteiger partial charge in [-0.3, -0.25) is 9.36 Å². The van der Waals surface area contributed by atoms with Crippen molar-refractivity contribution in [1.82, 2.24) is 9.55 Å². The fourth-order valence-corrected chi connectivity index (χ4v) is 1.50. The third kappa shape index (κ3) is 1.78. The van der Waals surface area contributed by atoms with Crippen LogP contribution in [0.5, 0.6) is 0 Å². The molecule has 1 aromatic heterocycles. The summed E-state index contributed by atoms with van der Waals surface area (Å²) in [4.78, 5) is 14.7. The second-order valence-corrected chi connectivity index (χ2v) is 3.84. The molecule has 0 fully saturated rings. The van der Waals surface area contributed by atoms with E-state index in [2.05, 4.69) is 4.98 Å². The SMILES string of the molecule is CSSC(=O)n1ccnc1. The fourth-order valence-electron chi connectivity index (χ4n) is 0.481. The Balaban J connectivity index is 2.59. The molecule has 0 atom stereocenters. The molecule has 0 spiro atoms. The van der Waals surface area contributed by atoms with Gasteiger partial charge in [0.1, 0.15) is 6.33 Å². The van der Waals surface area contributed by atoms with E-state index in [1.165, 1.54) is 32.5 Å². The molecule has 0 N–H and O–H groups in total. The number of rotatable bonds is 1. The van der Waals surface area contributed by atoms with Gasteiger partial charge in [-0.1, -0.05) is 10.8 Å². The molecule has 0 saturated carbocycles. The summed E-state index contributed by atoms with van der Waals surface area (Å²) in [6, 6.07) is 0. The summed E-state index contributed by atoms with van der Waals surface area (Å²) in [6.45, 7) is 0. The Labute approximate surface area is 66.6 Å². The van der Waals surface area contributed by atoms with Crippen LogP contribution in [0.1, 0.15) is 0 Å². The molecule has 0 bridgehead atoms. The van der Waals surface area contributed by atoms with Gasteiger partial charge < -0.3 is 0 Å². The quantitative estimate of drug-likeness (QED) is 0.609. The summed E-state index contributed by atoms with van der Waals surface area (Å²) in [7, 11) is 2.62. The van der Waals surface area contributed by atoms with Crippen LogP contribution in [-0.2, 0) is 0 Å². The molecule has 0 aliphatic rings. The first-order valence-corrected chi connectivity index (χ1v) is 5.13. The molecule has 54 valence electrons. The van der Waals surface area contributed by atoms with Crippen LogP contribution < -0.4 is 0 Å². The van der Waals surface area contributed by atoms with Gasteiger partial charge in [0.25, 0.3) is 0 Å². The van der Waals surface area contributed by atoms with Gasteiger partial charge in [0.15, 0.2) is 0 Å². The fraction of sp³-hybridized carbons (Fsp3) is 0.200. The average molecular weight is 174 g/mol. The molecule has 1 aromatic rings. The summed E-state index contributed by atoms with van der Waals surface area (Å²) in [6.07, 6.45) is 6.56. The number of aromatic nitrogens is 2. The van der Waals surface area contributed by atoms with Crippen molar-refractivity contribution in [2.24, 2.45) is 0 Å². The number of hydrogen-bond donors (Lipinski definition) is 0. The number of carbonyl (C=O) groups excluding carboxylic acids is 1. The van der Waals surface area contributed by atoms with E-state index in [9.17, 15) is 4.79 Å². The minimum Gasteiger partial charge on any atom is -0.266 e. The molecular formula is C5H6N2OS2. The second kappa shape index (κ2) is 3.68. The van der Waals surface area contributed by atoms with E-state index in [0.29, 0.717) is 0 Å². The Kier molecular flexibility index (Phi) is 2.82. The van der Waals surface area contributed by atoms with Crippen molar-refractivity contribution in [2.45, 2.75) is 0 Å². The first-order valence-electron chi connectivity index (χ1n) is 2.57. The van der Waals surface area contributed by atoms with Gasteiger partial charge in [-0.05, 0) is 6.26 Å². The Bertz CT molecular complexity index is 209. The van der Waals surface area contributed by atoms with Gasteiger partial charge in [0.2, 0.25) is 0 Å². The van der Waals surface area contributed by atoms with Crippen molar-refractivity contribution in [3.8, 4) is 0 Å². The summed E-state index contributed by atoms with van der Waals surface area (Å²) in [5.41, 5.74) is 0. The first kappa shape index (κ1) is 7.68. The van der Waals surface area contributed by atoms with Gasteiger partial charge in [0.05, 0.1) is 0 Å². The normalized spacial score (nSPS) is 9.70. The molecule has 5 heteroatoms. The third-order valence-electron chi connectivity index (χ3n) is 0.870. The minimum atomic E-state index is -0.00926. The van der Waals surface area contributed by atoms with Gasteiger partial charge in [-0.25, -0.2) is 4.98 Å². The van der Waals surface area contributed by atoms with Crippen LogP contribution in [0.15, 0.2) is 18.7 Å². The maximum Gasteiger partial charge on any atom is 0.301 e. The summed E-state index contributed by atoms with van der Waals surface area (Å²) in [5.74, 6) is 0. The third-order valence-corrected chi connectivity index (χ3v) is 2.32. The van der Waals surface area contributed by atoms with E-state index in [1.54, 1.807) is 12.4 Å². The van der Waals surface area contributed by atoms with E-state index in [1.807, 2.05) is 6.26 Å². The van der Waals surface area contributed by atoms with E-state index in [4.69, 9.17) is 0 Å². The topological polar surface area (TPSA) is 34.9 Å². The molecule has 0 aliphatic heterocycles. The first-order chi connectivity index (χ1) is 4.84. The molecule has 0 aliphatic carbocycles. The van der Waals surface area contributed by atoms with Crippen LogP contribution in [0.4, 0.5) is 4.79 Å². The maximum absolute atomic E-state index is 11.0. The standard InChI is InChI=1S/C5H6N2OS2/c1-9-10-5(8)7-3-2-6-4-7/h2-4H,1H3. The Hall–Kier alpha value is -0.420. The number of hydrogen-bond acceptors (Lipinski definition) is 4. The molecule has 0 aromatic carbocycles. The molecule has 1 heterocycles. The molecule has 0 radical (unpaired) electrons. The van der Waals surface area contributed by atoms with Crippen molar-refractivity contribution >= 4 is 26.8 Å². The zero-order chi connectivity index (χ0) is 7.40. The monoisotopic (exact) mass is 174 g/mol. The lowest BCUT2D eigenvalue weighted by atomic mass is 10.9. The average Bonchev–Trinajstić information content (AvgIpc) is 2.38. The van der Waals surface area contributed by atoms with Crippen molar-refractivity contribution in [2.75, 3.05) is 6.26 Å². The minimum absolute atomic E-state index is 0.00926. The molecule has 0 amide bonds. The van der Waals surface area contributed by atoms with Gasteiger partial charge >= 0.3 is 5.24 Å². The molecule has 0 unspecified atom stereocenters. The van der Waals surface area contributed by atoms with Crippen LogP contribution in [0, 0.1) is 0 Å². The van der Waals surface area contributed by atoms with Crippen molar-refractivity contribution in [3.63, 3.8) is 0 Å². The van der Waals surface area contributed by atoms with Crippen LogP contribution in [0.25, 0.3) is 0 Å². The summed E-state index contributed by atoms with van der Waals surface area (Å²) < 4.78 is 1.45. The molecule has 1 rings (SSSR count). The Morgan fingerprint density at radius 2 is 2.50 bits per heavy atom.